The highest BCUT2D eigenvalue weighted by molar-refractivity contribution is 5.76. The van der Waals surface area contributed by atoms with Crippen molar-refractivity contribution in [1.82, 2.24) is 5.32 Å². The predicted octanol–water partition coefficient (Wildman–Crippen LogP) is 3.08. The van der Waals surface area contributed by atoms with Gasteiger partial charge in [0.15, 0.2) is 0 Å². The first-order valence-electron chi connectivity index (χ1n) is 10.6. The molecule has 1 aromatic carbocycles. The highest BCUT2D eigenvalue weighted by Gasteiger charge is 2.68. The molecule has 3 aliphatic rings. The number of rotatable bonds is 6. The number of carbonyl (C=O) groups excluding carboxylic acids is 1. The molecule has 1 aliphatic heterocycles. The van der Waals surface area contributed by atoms with E-state index < -0.39 is 0 Å². The fourth-order valence-corrected chi connectivity index (χ4v) is 6.57. The Kier molecular flexibility index (Phi) is 5.28. The van der Waals surface area contributed by atoms with E-state index in [0.717, 1.165) is 36.3 Å². The Hall–Kier alpha value is -1.79. The number of aliphatic hydroxyl groups is 1. The highest BCUT2D eigenvalue weighted by atomic mass is 16.5. The van der Waals surface area contributed by atoms with Crippen molar-refractivity contribution >= 4 is 5.91 Å². The van der Waals surface area contributed by atoms with Crippen molar-refractivity contribution in [2.75, 3.05) is 27.4 Å². The van der Waals surface area contributed by atoms with Crippen LogP contribution < -0.4 is 14.8 Å². The summed E-state index contributed by atoms with van der Waals surface area (Å²) in [7, 11) is 3.36. The van der Waals surface area contributed by atoms with Gasteiger partial charge < -0.3 is 24.6 Å². The molecule has 2 saturated carbocycles. The standard InChI is InChI=1S/C23H33NO5/c1-22(2)14-12-15-20(19-16(27-3)6-5-7-17(19)28-4)29-11-9-23(15,13-14)21(22)24-18(26)8-10-25/h5-7,14-15,20-21,25H,8-13H2,1-4H3,(H,24,26)/t14-,15-,20+,21+,23?/m1/s1. The second kappa shape index (κ2) is 7.47. The van der Waals surface area contributed by atoms with Gasteiger partial charge in [-0.25, -0.2) is 0 Å². The number of hydrogen-bond acceptors (Lipinski definition) is 5. The molecule has 29 heavy (non-hydrogen) atoms. The van der Waals surface area contributed by atoms with E-state index in [2.05, 4.69) is 19.2 Å². The summed E-state index contributed by atoms with van der Waals surface area (Å²) in [6, 6.07) is 5.92. The minimum atomic E-state index is -0.122. The third kappa shape index (κ3) is 3.03. The van der Waals surface area contributed by atoms with Crippen molar-refractivity contribution < 1.29 is 24.1 Å². The first kappa shape index (κ1) is 20.5. The van der Waals surface area contributed by atoms with Crippen LogP contribution in [0, 0.1) is 22.7 Å². The number of carbonyl (C=O) groups is 1. The molecular weight excluding hydrogens is 370 g/mol. The Balaban J connectivity index is 1.73. The summed E-state index contributed by atoms with van der Waals surface area (Å²) >= 11 is 0. The van der Waals surface area contributed by atoms with Gasteiger partial charge in [0, 0.05) is 19.1 Å². The molecule has 1 aromatic rings. The van der Waals surface area contributed by atoms with Crippen LogP contribution in [0.3, 0.4) is 0 Å². The maximum atomic E-state index is 12.4. The summed E-state index contributed by atoms with van der Waals surface area (Å²) in [4.78, 5) is 12.4. The molecule has 1 spiro atoms. The fraction of sp³-hybridized carbons (Fsp3) is 0.696. The van der Waals surface area contributed by atoms with Gasteiger partial charge in [-0.15, -0.1) is 0 Å². The Morgan fingerprint density at radius 2 is 1.97 bits per heavy atom. The van der Waals surface area contributed by atoms with Crippen LogP contribution in [0.5, 0.6) is 11.5 Å². The van der Waals surface area contributed by atoms with Crippen molar-refractivity contribution in [1.29, 1.82) is 0 Å². The topological polar surface area (TPSA) is 77.0 Å². The van der Waals surface area contributed by atoms with Gasteiger partial charge in [-0.3, -0.25) is 4.79 Å². The molecule has 0 radical (unpaired) electrons. The van der Waals surface area contributed by atoms with Crippen molar-refractivity contribution in [3.05, 3.63) is 23.8 Å². The summed E-state index contributed by atoms with van der Waals surface area (Å²) in [5.74, 6) is 2.32. The monoisotopic (exact) mass is 403 g/mol. The summed E-state index contributed by atoms with van der Waals surface area (Å²) in [6.45, 7) is 5.09. The van der Waals surface area contributed by atoms with Crippen LogP contribution in [-0.2, 0) is 9.53 Å². The van der Waals surface area contributed by atoms with E-state index in [0.29, 0.717) is 18.4 Å². The third-order valence-electron chi connectivity index (χ3n) is 7.90. The molecule has 160 valence electrons. The zero-order chi connectivity index (χ0) is 20.8. The molecule has 3 fully saturated rings. The normalized spacial score (nSPS) is 34.5. The number of ether oxygens (including phenoxy) is 3. The summed E-state index contributed by atoms with van der Waals surface area (Å²) in [6.07, 6.45) is 3.15. The van der Waals surface area contributed by atoms with E-state index in [1.54, 1.807) is 14.2 Å². The average Bonchev–Trinajstić information content (AvgIpc) is 3.20. The second-order valence-electron chi connectivity index (χ2n) is 9.39. The fourth-order valence-electron chi connectivity index (χ4n) is 6.57. The predicted molar refractivity (Wildman–Crippen MR) is 109 cm³/mol. The van der Waals surface area contributed by atoms with Gasteiger partial charge >= 0.3 is 0 Å². The molecule has 1 amide bonds. The van der Waals surface area contributed by atoms with Crippen LogP contribution >= 0.6 is 0 Å². The van der Waals surface area contributed by atoms with Crippen molar-refractivity contribution in [2.45, 2.75) is 51.7 Å². The van der Waals surface area contributed by atoms with Gasteiger partial charge in [0.2, 0.25) is 5.91 Å². The largest absolute Gasteiger partial charge is 0.496 e. The molecule has 6 heteroatoms. The number of fused-ring (bicyclic) bond motifs is 1. The summed E-state index contributed by atoms with van der Waals surface area (Å²) in [5, 5.41) is 12.5. The lowest BCUT2D eigenvalue weighted by Gasteiger charge is -2.53. The number of benzene rings is 1. The SMILES string of the molecule is COc1cccc(OC)c1[C@H]1OCCC23C[C@@H](C[C@H]12)C(C)(C)[C@@H]3NC(=O)CCO. The number of hydrogen-bond donors (Lipinski definition) is 2. The second-order valence-corrected chi connectivity index (χ2v) is 9.39. The molecule has 2 bridgehead atoms. The number of methoxy groups -OCH3 is 2. The van der Waals surface area contributed by atoms with E-state index in [4.69, 9.17) is 14.2 Å². The Bertz CT molecular complexity index is 756. The molecule has 0 aromatic heterocycles. The Labute approximate surface area is 172 Å². The average molecular weight is 404 g/mol. The first-order chi connectivity index (χ1) is 13.9. The smallest absolute Gasteiger partial charge is 0.222 e. The van der Waals surface area contributed by atoms with Gasteiger partial charge in [-0.1, -0.05) is 19.9 Å². The molecule has 1 heterocycles. The summed E-state index contributed by atoms with van der Waals surface area (Å²) < 4.78 is 17.7. The van der Waals surface area contributed by atoms with Crippen molar-refractivity contribution in [3.63, 3.8) is 0 Å². The van der Waals surface area contributed by atoms with Crippen LogP contribution in [0.1, 0.15) is 51.2 Å². The van der Waals surface area contributed by atoms with Crippen LogP contribution in [0.2, 0.25) is 0 Å². The zero-order valence-corrected chi connectivity index (χ0v) is 17.9. The van der Waals surface area contributed by atoms with Gasteiger partial charge in [-0.2, -0.15) is 0 Å². The van der Waals surface area contributed by atoms with E-state index in [9.17, 15) is 9.90 Å². The summed E-state index contributed by atoms with van der Waals surface area (Å²) in [5.41, 5.74) is 0.995. The zero-order valence-electron chi connectivity index (χ0n) is 17.9. The third-order valence-corrected chi connectivity index (χ3v) is 7.90. The molecule has 4 rings (SSSR count). The van der Waals surface area contributed by atoms with Crippen molar-refractivity contribution in [3.8, 4) is 11.5 Å². The first-order valence-corrected chi connectivity index (χ1v) is 10.6. The quantitative estimate of drug-likeness (QED) is 0.763. The molecule has 2 N–H and O–H groups in total. The number of nitrogens with one attached hydrogen (secondary N) is 1. The van der Waals surface area contributed by atoms with Crippen LogP contribution in [0.15, 0.2) is 18.2 Å². The van der Waals surface area contributed by atoms with E-state index in [1.165, 1.54) is 0 Å². The van der Waals surface area contributed by atoms with Gasteiger partial charge in [-0.05, 0) is 54.1 Å². The lowest BCUT2D eigenvalue weighted by Crippen LogP contribution is -2.59. The Morgan fingerprint density at radius 1 is 1.28 bits per heavy atom. The molecule has 1 unspecified atom stereocenters. The maximum absolute atomic E-state index is 12.4. The molecular formula is C23H33NO5. The van der Waals surface area contributed by atoms with Crippen LogP contribution in [-0.4, -0.2) is 44.5 Å². The number of aliphatic hydroxyl groups excluding tert-OH is 1. The van der Waals surface area contributed by atoms with Crippen LogP contribution in [0.25, 0.3) is 0 Å². The van der Waals surface area contributed by atoms with Crippen molar-refractivity contribution in [2.24, 2.45) is 22.7 Å². The van der Waals surface area contributed by atoms with E-state index in [1.807, 2.05) is 18.2 Å². The molecule has 1 saturated heterocycles. The van der Waals surface area contributed by atoms with Gasteiger partial charge in [0.25, 0.3) is 0 Å². The highest BCUT2D eigenvalue weighted by Crippen LogP contribution is 2.71. The van der Waals surface area contributed by atoms with E-state index >= 15 is 0 Å². The van der Waals surface area contributed by atoms with E-state index in [-0.39, 0.29) is 41.9 Å². The lowest BCUT2D eigenvalue weighted by molar-refractivity contribution is -0.138. The molecule has 6 nitrogen and oxygen atoms in total. The van der Waals surface area contributed by atoms with Gasteiger partial charge in [0.05, 0.1) is 32.5 Å². The maximum Gasteiger partial charge on any atom is 0.222 e. The van der Waals surface area contributed by atoms with Gasteiger partial charge in [0.1, 0.15) is 11.5 Å². The van der Waals surface area contributed by atoms with Crippen LogP contribution in [0.4, 0.5) is 0 Å². The minimum Gasteiger partial charge on any atom is -0.496 e. The number of amides is 1. The Morgan fingerprint density at radius 3 is 2.59 bits per heavy atom. The minimum absolute atomic E-state index is 0.00589. The molecule has 2 aliphatic carbocycles. The lowest BCUT2D eigenvalue weighted by atomic mass is 9.58. The molecule has 5 atom stereocenters.